The Bertz CT molecular complexity index is 449. The number of aromatic nitrogens is 3. The van der Waals surface area contributed by atoms with E-state index >= 15 is 0 Å². The Morgan fingerprint density at radius 3 is 3.13 bits per heavy atom. The Hall–Kier alpha value is -1.42. The van der Waals surface area contributed by atoms with E-state index in [0.717, 1.165) is 36.5 Å². The molecule has 0 saturated carbocycles. The lowest BCUT2D eigenvalue weighted by Crippen LogP contribution is -2.26. The van der Waals surface area contributed by atoms with Gasteiger partial charge in [0.15, 0.2) is 5.65 Å². The standard InChI is InChI=1S/C11H14N4/c1-11(4-6-12-7-11)10-14-8-3-2-5-13-9(8)15-10/h2-3,5,12H,4,6-7H2,1H3,(H,13,14,15). The molecule has 0 aromatic carbocycles. The van der Waals surface area contributed by atoms with E-state index in [1.807, 2.05) is 12.1 Å². The molecule has 1 atom stereocenters. The first-order valence-electron chi connectivity index (χ1n) is 5.30. The van der Waals surface area contributed by atoms with Gasteiger partial charge in [0.05, 0.1) is 5.52 Å². The van der Waals surface area contributed by atoms with Gasteiger partial charge in [-0.2, -0.15) is 0 Å². The normalized spacial score (nSPS) is 26.2. The van der Waals surface area contributed by atoms with E-state index in [1.54, 1.807) is 6.20 Å². The van der Waals surface area contributed by atoms with Gasteiger partial charge in [-0.3, -0.25) is 0 Å². The van der Waals surface area contributed by atoms with Crippen LogP contribution in [-0.4, -0.2) is 28.0 Å². The largest absolute Gasteiger partial charge is 0.340 e. The maximum atomic E-state index is 4.56. The molecular formula is C11H14N4. The highest BCUT2D eigenvalue weighted by Gasteiger charge is 2.33. The number of pyridine rings is 1. The fourth-order valence-electron chi connectivity index (χ4n) is 2.15. The van der Waals surface area contributed by atoms with Crippen LogP contribution in [0.5, 0.6) is 0 Å². The van der Waals surface area contributed by atoms with Gasteiger partial charge in [0, 0.05) is 18.2 Å². The Morgan fingerprint density at radius 2 is 2.40 bits per heavy atom. The number of H-pyrrole nitrogens is 1. The van der Waals surface area contributed by atoms with Crippen LogP contribution in [0.3, 0.4) is 0 Å². The van der Waals surface area contributed by atoms with E-state index in [1.165, 1.54) is 0 Å². The molecule has 0 radical (unpaired) electrons. The molecule has 3 heterocycles. The van der Waals surface area contributed by atoms with E-state index < -0.39 is 0 Å². The van der Waals surface area contributed by atoms with Crippen molar-refractivity contribution in [2.24, 2.45) is 0 Å². The van der Waals surface area contributed by atoms with Gasteiger partial charge in [-0.1, -0.05) is 6.92 Å². The van der Waals surface area contributed by atoms with Crippen molar-refractivity contribution in [1.29, 1.82) is 0 Å². The average Bonchev–Trinajstić information content (AvgIpc) is 2.84. The van der Waals surface area contributed by atoms with Crippen LogP contribution in [0.4, 0.5) is 0 Å². The van der Waals surface area contributed by atoms with Crippen LogP contribution in [0, 0.1) is 0 Å². The Morgan fingerprint density at radius 1 is 1.47 bits per heavy atom. The van der Waals surface area contributed by atoms with Crippen molar-refractivity contribution in [3.63, 3.8) is 0 Å². The van der Waals surface area contributed by atoms with Crippen molar-refractivity contribution in [2.75, 3.05) is 13.1 Å². The molecule has 1 unspecified atom stereocenters. The first-order valence-corrected chi connectivity index (χ1v) is 5.30. The summed E-state index contributed by atoms with van der Waals surface area (Å²) in [5, 5.41) is 3.38. The molecule has 0 spiro atoms. The molecule has 4 nitrogen and oxygen atoms in total. The third-order valence-corrected chi connectivity index (χ3v) is 3.20. The maximum absolute atomic E-state index is 4.56. The van der Waals surface area contributed by atoms with Gasteiger partial charge >= 0.3 is 0 Å². The Balaban J connectivity index is 2.11. The molecule has 78 valence electrons. The summed E-state index contributed by atoms with van der Waals surface area (Å²) >= 11 is 0. The lowest BCUT2D eigenvalue weighted by atomic mass is 9.89. The summed E-state index contributed by atoms with van der Waals surface area (Å²) < 4.78 is 0. The number of aromatic amines is 1. The highest BCUT2D eigenvalue weighted by Crippen LogP contribution is 2.28. The molecule has 3 rings (SSSR count). The zero-order valence-corrected chi connectivity index (χ0v) is 8.75. The maximum Gasteiger partial charge on any atom is 0.177 e. The summed E-state index contributed by atoms with van der Waals surface area (Å²) in [5.41, 5.74) is 1.99. The predicted octanol–water partition coefficient (Wildman–Crippen LogP) is 1.21. The van der Waals surface area contributed by atoms with Crippen molar-refractivity contribution in [3.8, 4) is 0 Å². The number of rotatable bonds is 1. The molecule has 0 aliphatic carbocycles. The molecule has 2 N–H and O–H groups in total. The summed E-state index contributed by atoms with van der Waals surface area (Å²) in [4.78, 5) is 12.2. The summed E-state index contributed by atoms with van der Waals surface area (Å²) in [5.74, 6) is 1.06. The van der Waals surface area contributed by atoms with Crippen LogP contribution in [0.2, 0.25) is 0 Å². The molecule has 1 saturated heterocycles. The second kappa shape index (κ2) is 3.03. The predicted molar refractivity (Wildman–Crippen MR) is 58.7 cm³/mol. The average molecular weight is 202 g/mol. The first-order chi connectivity index (χ1) is 7.28. The van der Waals surface area contributed by atoms with Crippen molar-refractivity contribution in [3.05, 3.63) is 24.2 Å². The van der Waals surface area contributed by atoms with Crippen molar-refractivity contribution in [1.82, 2.24) is 20.3 Å². The van der Waals surface area contributed by atoms with Crippen LogP contribution in [-0.2, 0) is 5.41 Å². The summed E-state index contributed by atoms with van der Waals surface area (Å²) in [7, 11) is 0. The molecule has 2 aromatic heterocycles. The minimum Gasteiger partial charge on any atom is -0.340 e. The molecule has 0 amide bonds. The summed E-state index contributed by atoms with van der Waals surface area (Å²) in [6.45, 7) is 4.30. The number of fused-ring (bicyclic) bond motifs is 1. The van der Waals surface area contributed by atoms with Gasteiger partial charge in [-0.05, 0) is 25.1 Å². The topological polar surface area (TPSA) is 53.6 Å². The third kappa shape index (κ3) is 1.33. The molecule has 1 fully saturated rings. The van der Waals surface area contributed by atoms with E-state index in [0.29, 0.717) is 0 Å². The van der Waals surface area contributed by atoms with Gasteiger partial charge in [-0.25, -0.2) is 9.97 Å². The first kappa shape index (κ1) is 8.85. The Kier molecular flexibility index (Phi) is 1.79. The van der Waals surface area contributed by atoms with Crippen molar-refractivity contribution >= 4 is 11.2 Å². The number of nitrogens with zero attached hydrogens (tertiary/aromatic N) is 2. The number of hydrogen-bond donors (Lipinski definition) is 2. The van der Waals surface area contributed by atoms with Gasteiger partial charge in [0.1, 0.15) is 5.82 Å². The smallest absolute Gasteiger partial charge is 0.177 e. The van der Waals surface area contributed by atoms with Crippen LogP contribution in [0.15, 0.2) is 18.3 Å². The SMILES string of the molecule is CC1(c2nc3ncccc3[nH]2)CCNC1. The monoisotopic (exact) mass is 202 g/mol. The number of imidazole rings is 1. The van der Waals surface area contributed by atoms with Crippen molar-refractivity contribution < 1.29 is 0 Å². The van der Waals surface area contributed by atoms with E-state index in [9.17, 15) is 0 Å². The minimum absolute atomic E-state index is 0.140. The zero-order valence-electron chi connectivity index (χ0n) is 8.75. The third-order valence-electron chi connectivity index (χ3n) is 3.20. The van der Waals surface area contributed by atoms with Crippen LogP contribution >= 0.6 is 0 Å². The highest BCUT2D eigenvalue weighted by atomic mass is 15.0. The fourth-order valence-corrected chi connectivity index (χ4v) is 2.15. The fraction of sp³-hybridized carbons (Fsp3) is 0.455. The lowest BCUT2D eigenvalue weighted by Gasteiger charge is -2.18. The van der Waals surface area contributed by atoms with E-state index in [2.05, 4.69) is 27.2 Å². The molecule has 1 aliphatic heterocycles. The second-order valence-electron chi connectivity index (χ2n) is 4.45. The van der Waals surface area contributed by atoms with Crippen LogP contribution < -0.4 is 5.32 Å². The molecule has 15 heavy (non-hydrogen) atoms. The summed E-state index contributed by atoms with van der Waals surface area (Å²) in [6, 6.07) is 3.95. The van der Waals surface area contributed by atoms with Gasteiger partial charge in [0.2, 0.25) is 0 Å². The quantitative estimate of drug-likeness (QED) is 0.730. The van der Waals surface area contributed by atoms with Crippen LogP contribution in [0.1, 0.15) is 19.2 Å². The molecule has 0 bridgehead atoms. The summed E-state index contributed by atoms with van der Waals surface area (Å²) in [6.07, 6.45) is 2.91. The van der Waals surface area contributed by atoms with Crippen LogP contribution in [0.25, 0.3) is 11.2 Å². The minimum atomic E-state index is 0.140. The molecule has 2 aromatic rings. The molecular weight excluding hydrogens is 188 g/mol. The van der Waals surface area contributed by atoms with E-state index in [4.69, 9.17) is 0 Å². The molecule has 4 heteroatoms. The number of hydrogen-bond acceptors (Lipinski definition) is 3. The van der Waals surface area contributed by atoms with E-state index in [-0.39, 0.29) is 5.41 Å². The number of nitrogens with one attached hydrogen (secondary N) is 2. The highest BCUT2D eigenvalue weighted by molar-refractivity contribution is 5.70. The zero-order chi connectivity index (χ0) is 10.3. The lowest BCUT2D eigenvalue weighted by molar-refractivity contribution is 0.496. The second-order valence-corrected chi connectivity index (χ2v) is 4.45. The Labute approximate surface area is 88.1 Å². The van der Waals surface area contributed by atoms with Gasteiger partial charge in [0.25, 0.3) is 0 Å². The van der Waals surface area contributed by atoms with Gasteiger partial charge in [-0.15, -0.1) is 0 Å². The van der Waals surface area contributed by atoms with Gasteiger partial charge < -0.3 is 10.3 Å². The van der Waals surface area contributed by atoms with Crippen molar-refractivity contribution in [2.45, 2.75) is 18.8 Å². The molecule has 1 aliphatic rings.